The largest absolute Gasteiger partial charge is 0.465 e. The van der Waals surface area contributed by atoms with E-state index in [1.807, 2.05) is 0 Å². The van der Waals surface area contributed by atoms with Gasteiger partial charge in [0, 0.05) is 0 Å². The van der Waals surface area contributed by atoms with E-state index >= 15 is 0 Å². The van der Waals surface area contributed by atoms with E-state index in [-0.39, 0.29) is 6.79 Å². The van der Waals surface area contributed by atoms with Gasteiger partial charge in [0.1, 0.15) is 6.26 Å². The van der Waals surface area contributed by atoms with Gasteiger partial charge in [0.25, 0.3) is 0 Å². The molecule has 1 fully saturated rings. The van der Waals surface area contributed by atoms with Crippen LogP contribution in [-0.4, -0.2) is 18.6 Å². The molecule has 0 N–H and O–H groups in total. The number of aliphatic imine (C=N–C) groups is 1. The smallest absolute Gasteiger partial charge is 0.226 e. The summed E-state index contributed by atoms with van der Waals surface area (Å²) in [5, 5.41) is 0. The van der Waals surface area contributed by atoms with Gasteiger partial charge in [-0.15, -0.1) is 0 Å². The zero-order valence-electron chi connectivity index (χ0n) is 5.61. The number of hydrogen-bond donors (Lipinski definition) is 0. The lowest BCUT2D eigenvalue weighted by atomic mass is 10.1. The van der Waals surface area contributed by atoms with Crippen molar-refractivity contribution < 1.29 is 14.2 Å². The second kappa shape index (κ2) is 1.48. The molecule has 11 heavy (non-hydrogen) atoms. The molecule has 4 heteroatoms. The molecular weight excluding hydrogens is 146 g/mol. The number of hydrogen-bond acceptors (Lipinski definition) is 4. The Bertz CT molecular complexity index is 305. The summed E-state index contributed by atoms with van der Waals surface area (Å²) < 4.78 is 15.7. The summed E-state index contributed by atoms with van der Waals surface area (Å²) in [5.74, 6) is 1.40. The third-order valence-electron chi connectivity index (χ3n) is 1.97. The van der Waals surface area contributed by atoms with Gasteiger partial charge in [0.2, 0.25) is 5.60 Å². The predicted molar refractivity (Wildman–Crippen MR) is 35.5 cm³/mol. The molecule has 4 nitrogen and oxygen atoms in total. The Morgan fingerprint density at radius 3 is 3.45 bits per heavy atom. The molecule has 0 aromatic heterocycles. The molecule has 0 aromatic carbocycles. The molecule has 0 amide bonds. The number of ether oxygens (including phenoxy) is 3. The summed E-state index contributed by atoms with van der Waals surface area (Å²) in [6, 6.07) is 0. The third-order valence-corrected chi connectivity index (χ3v) is 1.97. The van der Waals surface area contributed by atoms with Crippen molar-refractivity contribution in [2.24, 2.45) is 4.99 Å². The van der Waals surface area contributed by atoms with Crippen LogP contribution in [0.25, 0.3) is 0 Å². The van der Waals surface area contributed by atoms with Crippen molar-refractivity contribution >= 4 is 6.21 Å². The van der Waals surface area contributed by atoms with Crippen LogP contribution < -0.4 is 0 Å². The molecule has 56 valence electrons. The van der Waals surface area contributed by atoms with Gasteiger partial charge < -0.3 is 14.2 Å². The van der Waals surface area contributed by atoms with E-state index in [1.54, 1.807) is 18.7 Å². The Balaban J connectivity index is 2.21. The van der Waals surface area contributed by atoms with Gasteiger partial charge in [-0.2, -0.15) is 0 Å². The van der Waals surface area contributed by atoms with Crippen molar-refractivity contribution in [3.05, 3.63) is 24.0 Å². The Morgan fingerprint density at radius 2 is 2.45 bits per heavy atom. The minimum absolute atomic E-state index is 0.276. The molecule has 0 bridgehead atoms. The zero-order chi connectivity index (χ0) is 7.31. The fourth-order valence-electron chi connectivity index (χ4n) is 1.38. The lowest BCUT2D eigenvalue weighted by molar-refractivity contribution is 0.0246. The second-order valence-corrected chi connectivity index (χ2v) is 2.51. The van der Waals surface area contributed by atoms with Gasteiger partial charge in [-0.3, -0.25) is 4.99 Å². The van der Waals surface area contributed by atoms with Gasteiger partial charge in [0.05, 0.1) is 12.4 Å². The molecule has 1 atom stereocenters. The van der Waals surface area contributed by atoms with E-state index in [2.05, 4.69) is 4.99 Å². The molecule has 3 heterocycles. The molecule has 3 rings (SSSR count). The van der Waals surface area contributed by atoms with Crippen LogP contribution in [0.15, 0.2) is 29.0 Å². The normalized spacial score (nSPS) is 37.1. The van der Waals surface area contributed by atoms with Gasteiger partial charge in [0.15, 0.2) is 18.3 Å². The summed E-state index contributed by atoms with van der Waals surface area (Å²) in [7, 11) is 0. The van der Waals surface area contributed by atoms with E-state index in [0.29, 0.717) is 11.5 Å². The third kappa shape index (κ3) is 0.444. The van der Waals surface area contributed by atoms with Crippen molar-refractivity contribution in [3.8, 4) is 0 Å². The van der Waals surface area contributed by atoms with E-state index in [1.165, 1.54) is 0 Å². The average molecular weight is 151 g/mol. The summed E-state index contributed by atoms with van der Waals surface area (Å²) in [5.41, 5.74) is -0.597. The Morgan fingerprint density at radius 1 is 1.45 bits per heavy atom. The molecular formula is C7H5NO3. The van der Waals surface area contributed by atoms with Crippen LogP contribution >= 0.6 is 0 Å². The fourth-order valence-corrected chi connectivity index (χ4v) is 1.38. The van der Waals surface area contributed by atoms with Crippen LogP contribution in [-0.2, 0) is 14.2 Å². The monoisotopic (exact) mass is 151 g/mol. The van der Waals surface area contributed by atoms with Gasteiger partial charge >= 0.3 is 0 Å². The molecule has 1 unspecified atom stereocenters. The molecule has 1 spiro atoms. The Kier molecular flexibility index (Phi) is 0.722. The first-order valence-electron chi connectivity index (χ1n) is 3.31. The van der Waals surface area contributed by atoms with Gasteiger partial charge in [-0.05, 0) is 0 Å². The maximum absolute atomic E-state index is 5.36. The fraction of sp³-hybridized carbons (Fsp3) is 0.286. The molecule has 3 aliphatic rings. The van der Waals surface area contributed by atoms with E-state index in [4.69, 9.17) is 14.2 Å². The maximum atomic E-state index is 5.36. The lowest BCUT2D eigenvalue weighted by Gasteiger charge is -2.12. The van der Waals surface area contributed by atoms with Crippen LogP contribution in [0.2, 0.25) is 0 Å². The highest BCUT2D eigenvalue weighted by molar-refractivity contribution is 5.82. The second-order valence-electron chi connectivity index (χ2n) is 2.51. The predicted octanol–water partition coefficient (Wildman–Crippen LogP) is 0.527. The van der Waals surface area contributed by atoms with Crippen LogP contribution in [0.5, 0.6) is 0 Å². The zero-order valence-corrected chi connectivity index (χ0v) is 5.61. The van der Waals surface area contributed by atoms with Crippen LogP contribution in [0, 0.1) is 0 Å². The molecule has 0 saturated carbocycles. The van der Waals surface area contributed by atoms with Crippen molar-refractivity contribution in [1.82, 2.24) is 0 Å². The number of rotatable bonds is 0. The van der Waals surface area contributed by atoms with Gasteiger partial charge in [-0.25, -0.2) is 0 Å². The standard InChI is InChI=1S/C7H5NO3/c1-5-7(3-8-1)6(2-9-5)10-4-11-7/h1-3H,4H2. The quantitative estimate of drug-likeness (QED) is 0.507. The molecule has 0 radical (unpaired) electrons. The van der Waals surface area contributed by atoms with Crippen LogP contribution in [0.3, 0.4) is 0 Å². The molecule has 3 aliphatic heterocycles. The van der Waals surface area contributed by atoms with E-state index in [9.17, 15) is 0 Å². The molecule has 1 saturated heterocycles. The SMILES string of the molecule is C1=NC=C2OC=C3OCOC123. The highest BCUT2D eigenvalue weighted by Gasteiger charge is 2.52. The minimum atomic E-state index is -0.597. The van der Waals surface area contributed by atoms with Crippen molar-refractivity contribution in [2.75, 3.05) is 6.79 Å². The topological polar surface area (TPSA) is 40.0 Å². The van der Waals surface area contributed by atoms with Gasteiger partial charge in [-0.1, -0.05) is 0 Å². The lowest BCUT2D eigenvalue weighted by Crippen LogP contribution is -2.29. The first-order valence-corrected chi connectivity index (χ1v) is 3.31. The van der Waals surface area contributed by atoms with E-state index < -0.39 is 5.60 Å². The highest BCUT2D eigenvalue weighted by atomic mass is 16.7. The van der Waals surface area contributed by atoms with Crippen molar-refractivity contribution in [3.63, 3.8) is 0 Å². The first-order chi connectivity index (χ1) is 5.42. The Labute approximate surface area is 62.8 Å². The molecule has 0 aromatic rings. The minimum Gasteiger partial charge on any atom is -0.465 e. The summed E-state index contributed by atoms with van der Waals surface area (Å²) in [6.07, 6.45) is 4.89. The number of nitrogens with zero attached hydrogens (tertiary/aromatic N) is 1. The molecule has 0 aliphatic carbocycles. The van der Waals surface area contributed by atoms with Crippen LogP contribution in [0.4, 0.5) is 0 Å². The summed E-state index contributed by atoms with van der Waals surface area (Å²) in [4.78, 5) is 3.94. The summed E-state index contributed by atoms with van der Waals surface area (Å²) in [6.45, 7) is 0.276. The van der Waals surface area contributed by atoms with Crippen molar-refractivity contribution in [2.45, 2.75) is 5.60 Å². The highest BCUT2D eigenvalue weighted by Crippen LogP contribution is 2.42. The Hall–Kier alpha value is -1.29. The van der Waals surface area contributed by atoms with E-state index in [0.717, 1.165) is 0 Å². The van der Waals surface area contributed by atoms with Crippen LogP contribution in [0.1, 0.15) is 0 Å². The average Bonchev–Trinajstić information content (AvgIpc) is 2.55. The summed E-state index contributed by atoms with van der Waals surface area (Å²) >= 11 is 0. The maximum Gasteiger partial charge on any atom is 0.226 e. The van der Waals surface area contributed by atoms with Crippen molar-refractivity contribution in [1.29, 1.82) is 0 Å². The first kappa shape index (κ1) is 5.37.